The largest absolute Gasteiger partial charge is 0.413 e. The Morgan fingerprint density at radius 1 is 1.57 bits per heavy atom. The fraction of sp³-hybridized carbons (Fsp3) is 0.500. The maximum atomic E-state index is 11.7. The average Bonchev–Trinajstić information content (AvgIpc) is 2.53. The molecule has 0 aliphatic rings. The topological polar surface area (TPSA) is 21.3 Å². The number of thiophene rings is 1. The van der Waals surface area contributed by atoms with Crippen LogP contribution in [-0.4, -0.2) is 12.8 Å². The smallest absolute Gasteiger partial charge is 0.292 e. The Bertz CT molecular complexity index is 260. The van der Waals surface area contributed by atoms with E-state index in [4.69, 9.17) is 0 Å². The van der Waals surface area contributed by atoms with Crippen molar-refractivity contribution in [2.75, 3.05) is 6.61 Å². The first kappa shape index (κ1) is 11.5. The average molecular weight is 225 g/mol. The van der Waals surface area contributed by atoms with E-state index in [1.165, 1.54) is 11.3 Å². The summed E-state index contributed by atoms with van der Waals surface area (Å²) in [5.41, 5.74) is 3.24. The van der Waals surface area contributed by atoms with Gasteiger partial charge in [0.2, 0.25) is 0 Å². The first-order valence-electron chi connectivity index (χ1n) is 3.95. The molecule has 1 heterocycles. The van der Waals surface area contributed by atoms with Gasteiger partial charge in [-0.05, 0) is 29.3 Å². The van der Waals surface area contributed by atoms with Crippen LogP contribution in [0.1, 0.15) is 18.5 Å². The van der Waals surface area contributed by atoms with Gasteiger partial charge in [-0.1, -0.05) is 0 Å². The number of hydrogen-bond donors (Lipinski definition) is 1. The third-order valence-electron chi connectivity index (χ3n) is 1.54. The molecule has 1 aromatic heterocycles. The summed E-state index contributed by atoms with van der Waals surface area (Å²) in [6.45, 7) is 0.458. The van der Waals surface area contributed by atoms with E-state index in [0.29, 0.717) is 0 Å². The second-order valence-corrected chi connectivity index (χ2v) is 3.58. The monoisotopic (exact) mass is 225 g/mol. The first-order valence-corrected chi connectivity index (χ1v) is 4.89. The number of hydroxylamine groups is 1. The van der Waals surface area contributed by atoms with Crippen LogP contribution in [0, 0.1) is 0 Å². The molecule has 14 heavy (non-hydrogen) atoms. The molecule has 1 N–H and O–H groups in total. The van der Waals surface area contributed by atoms with E-state index in [-0.39, 0.29) is 6.04 Å². The second-order valence-electron chi connectivity index (χ2n) is 2.80. The van der Waals surface area contributed by atoms with E-state index in [0.717, 1.165) is 5.56 Å². The maximum Gasteiger partial charge on any atom is 0.413 e. The van der Waals surface area contributed by atoms with Gasteiger partial charge in [-0.3, -0.25) is 4.84 Å². The molecule has 1 aromatic rings. The quantitative estimate of drug-likeness (QED) is 0.795. The van der Waals surface area contributed by atoms with Gasteiger partial charge in [-0.25, -0.2) is 0 Å². The lowest BCUT2D eigenvalue weighted by Gasteiger charge is -2.13. The number of nitrogens with one attached hydrogen (secondary N) is 1. The molecule has 0 aromatic carbocycles. The Morgan fingerprint density at radius 3 is 2.79 bits per heavy atom. The highest BCUT2D eigenvalue weighted by Crippen LogP contribution is 2.17. The highest BCUT2D eigenvalue weighted by atomic mass is 32.1. The van der Waals surface area contributed by atoms with Gasteiger partial charge in [0.1, 0.15) is 0 Å². The van der Waals surface area contributed by atoms with Gasteiger partial charge in [0.05, 0.1) is 6.04 Å². The van der Waals surface area contributed by atoms with Gasteiger partial charge in [-0.2, -0.15) is 30.0 Å². The molecule has 0 amide bonds. The fourth-order valence-electron chi connectivity index (χ4n) is 0.838. The van der Waals surface area contributed by atoms with E-state index in [2.05, 4.69) is 10.3 Å². The van der Waals surface area contributed by atoms with Crippen molar-refractivity contribution in [2.24, 2.45) is 0 Å². The van der Waals surface area contributed by atoms with E-state index in [1.807, 2.05) is 16.8 Å². The van der Waals surface area contributed by atoms with Crippen molar-refractivity contribution in [3.05, 3.63) is 22.4 Å². The zero-order valence-corrected chi connectivity index (χ0v) is 8.28. The zero-order chi connectivity index (χ0) is 10.6. The van der Waals surface area contributed by atoms with Crippen molar-refractivity contribution in [1.29, 1.82) is 0 Å². The van der Waals surface area contributed by atoms with E-state index < -0.39 is 12.8 Å². The van der Waals surface area contributed by atoms with Crippen LogP contribution in [0.2, 0.25) is 0 Å². The molecule has 80 valence electrons. The molecule has 0 aliphatic heterocycles. The number of hydrogen-bond acceptors (Lipinski definition) is 3. The molecular formula is C8H10F3NOS. The summed E-state index contributed by atoms with van der Waals surface area (Å²) >= 11 is 1.49. The number of halogens is 3. The normalized spacial score (nSPS) is 14.3. The fourth-order valence-corrected chi connectivity index (χ4v) is 1.59. The molecule has 2 nitrogen and oxygen atoms in total. The van der Waals surface area contributed by atoms with Crippen molar-refractivity contribution < 1.29 is 18.0 Å². The van der Waals surface area contributed by atoms with E-state index in [1.54, 1.807) is 6.92 Å². The van der Waals surface area contributed by atoms with Crippen molar-refractivity contribution in [3.63, 3.8) is 0 Å². The minimum atomic E-state index is -4.29. The molecule has 0 aliphatic carbocycles. The summed E-state index contributed by atoms with van der Waals surface area (Å²) < 4.78 is 35.1. The zero-order valence-electron chi connectivity index (χ0n) is 7.47. The lowest BCUT2D eigenvalue weighted by molar-refractivity contribution is -0.192. The summed E-state index contributed by atoms with van der Waals surface area (Å²) in [7, 11) is 0. The summed E-state index contributed by atoms with van der Waals surface area (Å²) in [6.07, 6.45) is -4.29. The van der Waals surface area contributed by atoms with E-state index in [9.17, 15) is 13.2 Å². The molecule has 0 saturated carbocycles. The molecule has 0 spiro atoms. The lowest BCUT2D eigenvalue weighted by Crippen LogP contribution is -2.26. The third-order valence-corrected chi connectivity index (χ3v) is 2.24. The Morgan fingerprint density at radius 2 is 2.29 bits per heavy atom. The molecule has 0 fully saturated rings. The summed E-state index contributed by atoms with van der Waals surface area (Å²) in [4.78, 5) is 4.31. The Kier molecular flexibility index (Phi) is 3.91. The SMILES string of the molecule is CC(NOCC(F)(F)F)c1ccsc1. The first-order chi connectivity index (χ1) is 6.49. The second kappa shape index (κ2) is 4.77. The van der Waals surface area contributed by atoms with Crippen LogP contribution in [0.25, 0.3) is 0 Å². The molecule has 0 saturated heterocycles. The molecular weight excluding hydrogens is 215 g/mol. The summed E-state index contributed by atoms with van der Waals surface area (Å²) in [5.74, 6) is 0. The van der Waals surface area contributed by atoms with Gasteiger partial charge in [0.15, 0.2) is 6.61 Å². The van der Waals surface area contributed by atoms with Crippen LogP contribution in [0.15, 0.2) is 16.8 Å². The third kappa shape index (κ3) is 4.08. The number of rotatable bonds is 4. The minimum Gasteiger partial charge on any atom is -0.292 e. The maximum absolute atomic E-state index is 11.7. The predicted molar refractivity (Wildman–Crippen MR) is 47.9 cm³/mol. The van der Waals surface area contributed by atoms with Gasteiger partial charge in [0, 0.05) is 0 Å². The van der Waals surface area contributed by atoms with E-state index >= 15 is 0 Å². The molecule has 1 atom stereocenters. The van der Waals surface area contributed by atoms with Crippen LogP contribution in [-0.2, 0) is 4.84 Å². The van der Waals surface area contributed by atoms with Crippen LogP contribution in [0.4, 0.5) is 13.2 Å². The van der Waals surface area contributed by atoms with Crippen molar-refractivity contribution >= 4 is 11.3 Å². The number of alkyl halides is 3. The van der Waals surface area contributed by atoms with Gasteiger partial charge in [-0.15, -0.1) is 0 Å². The molecule has 1 unspecified atom stereocenters. The van der Waals surface area contributed by atoms with Crippen LogP contribution in [0.3, 0.4) is 0 Å². The molecule has 0 radical (unpaired) electrons. The standard InChI is InChI=1S/C8H10F3NOS/c1-6(7-2-3-14-4-7)12-13-5-8(9,10)11/h2-4,6,12H,5H2,1H3. The van der Waals surface area contributed by atoms with Crippen molar-refractivity contribution in [1.82, 2.24) is 5.48 Å². The Hall–Kier alpha value is -0.590. The van der Waals surface area contributed by atoms with Gasteiger partial charge >= 0.3 is 6.18 Å². The van der Waals surface area contributed by atoms with Crippen molar-refractivity contribution in [2.45, 2.75) is 19.1 Å². The van der Waals surface area contributed by atoms with Gasteiger partial charge < -0.3 is 0 Å². The minimum absolute atomic E-state index is 0.233. The Labute approximate surface area is 83.6 Å². The molecule has 0 bridgehead atoms. The highest BCUT2D eigenvalue weighted by Gasteiger charge is 2.28. The lowest BCUT2D eigenvalue weighted by atomic mass is 10.2. The van der Waals surface area contributed by atoms with Crippen LogP contribution < -0.4 is 5.48 Å². The highest BCUT2D eigenvalue weighted by molar-refractivity contribution is 7.07. The molecule has 6 heteroatoms. The summed E-state index contributed by atoms with van der Waals surface area (Å²) in [6, 6.07) is 1.60. The predicted octanol–water partition coefficient (Wildman–Crippen LogP) is 2.89. The Balaban J connectivity index is 2.26. The van der Waals surface area contributed by atoms with Crippen molar-refractivity contribution in [3.8, 4) is 0 Å². The van der Waals surface area contributed by atoms with Crippen LogP contribution >= 0.6 is 11.3 Å². The van der Waals surface area contributed by atoms with Crippen LogP contribution in [0.5, 0.6) is 0 Å². The molecule has 1 rings (SSSR count). The summed E-state index contributed by atoms with van der Waals surface area (Å²) in [5, 5.41) is 3.71. The van der Waals surface area contributed by atoms with Gasteiger partial charge in [0.25, 0.3) is 0 Å².